The Morgan fingerprint density at radius 3 is 1.97 bits per heavy atom. The van der Waals surface area contributed by atoms with Crippen molar-refractivity contribution < 1.29 is 9.84 Å². The third-order valence-corrected chi connectivity index (χ3v) is 6.53. The van der Waals surface area contributed by atoms with Crippen LogP contribution in [0.4, 0.5) is 0 Å². The summed E-state index contributed by atoms with van der Waals surface area (Å²) in [7, 11) is 0. The molecule has 1 unspecified atom stereocenters. The average Bonchev–Trinajstić information content (AvgIpc) is 2.94. The molecule has 190 valence electrons. The number of hydrogen-bond donors (Lipinski definition) is 1. The number of hydrogen-bond acceptors (Lipinski definition) is 5. The van der Waals surface area contributed by atoms with Gasteiger partial charge in [0.1, 0.15) is 5.75 Å². The monoisotopic (exact) mass is 493 g/mol. The summed E-state index contributed by atoms with van der Waals surface area (Å²) in [5.74, 6) is 2.96. The highest BCUT2D eigenvalue weighted by Crippen LogP contribution is 2.31. The van der Waals surface area contributed by atoms with E-state index in [1.807, 2.05) is 72.8 Å². The van der Waals surface area contributed by atoms with Gasteiger partial charge in [0.25, 0.3) is 0 Å². The molecular weight excluding hydrogens is 458 g/mol. The summed E-state index contributed by atoms with van der Waals surface area (Å²) < 4.78 is 5.97. The highest BCUT2D eigenvalue weighted by molar-refractivity contribution is 5.69. The molecule has 1 aromatic heterocycles. The molecular formula is C32H35N3O2. The van der Waals surface area contributed by atoms with E-state index in [2.05, 4.69) is 20.4 Å². The molecule has 0 radical (unpaired) electrons. The van der Waals surface area contributed by atoms with E-state index in [9.17, 15) is 5.11 Å². The molecule has 0 spiro atoms. The maximum Gasteiger partial charge on any atom is 0.167 e. The Balaban J connectivity index is 1.55. The van der Waals surface area contributed by atoms with E-state index in [0.717, 1.165) is 35.3 Å². The fourth-order valence-corrected chi connectivity index (χ4v) is 4.31. The van der Waals surface area contributed by atoms with Crippen LogP contribution >= 0.6 is 0 Å². The number of phenolic OH excluding ortho intramolecular Hbond substituents is 1. The van der Waals surface area contributed by atoms with Crippen molar-refractivity contribution in [3.05, 3.63) is 96.8 Å². The van der Waals surface area contributed by atoms with Crippen LogP contribution in [0.1, 0.15) is 45.1 Å². The summed E-state index contributed by atoms with van der Waals surface area (Å²) in [6, 6.07) is 25.2. The first-order valence-corrected chi connectivity index (χ1v) is 13.1. The van der Waals surface area contributed by atoms with Crippen molar-refractivity contribution in [1.82, 2.24) is 15.0 Å². The van der Waals surface area contributed by atoms with Gasteiger partial charge in [0.15, 0.2) is 17.5 Å². The molecule has 0 bridgehead atoms. The number of benzene rings is 3. The van der Waals surface area contributed by atoms with Crippen molar-refractivity contribution in [3.8, 4) is 39.9 Å². The van der Waals surface area contributed by atoms with Gasteiger partial charge >= 0.3 is 0 Å². The molecule has 0 fully saturated rings. The number of rotatable bonds is 12. The number of phenols is 1. The maximum atomic E-state index is 10.9. The highest BCUT2D eigenvalue weighted by Gasteiger charge is 2.15. The fraction of sp³-hybridized carbons (Fsp3) is 0.281. The first-order chi connectivity index (χ1) is 18.1. The molecule has 0 aliphatic heterocycles. The Bertz CT molecular complexity index is 1250. The lowest BCUT2D eigenvalue weighted by molar-refractivity contribution is 0.175. The molecule has 5 heteroatoms. The quantitative estimate of drug-likeness (QED) is 0.203. The summed E-state index contributed by atoms with van der Waals surface area (Å²) in [5, 5.41) is 10.9. The minimum atomic E-state index is 0.134. The lowest BCUT2D eigenvalue weighted by atomic mass is 9.98. The second-order valence-electron chi connectivity index (χ2n) is 9.20. The van der Waals surface area contributed by atoms with Gasteiger partial charge in [0.2, 0.25) is 0 Å². The van der Waals surface area contributed by atoms with Gasteiger partial charge in [-0.3, -0.25) is 0 Å². The second-order valence-corrected chi connectivity index (χ2v) is 9.20. The Labute approximate surface area is 219 Å². The smallest absolute Gasteiger partial charge is 0.167 e. The number of aromatic hydroxyl groups is 1. The van der Waals surface area contributed by atoms with Gasteiger partial charge in [-0.05, 0) is 30.5 Å². The van der Waals surface area contributed by atoms with Gasteiger partial charge in [-0.15, -0.1) is 0 Å². The first kappa shape index (κ1) is 26.1. The third-order valence-electron chi connectivity index (χ3n) is 6.53. The van der Waals surface area contributed by atoms with Crippen LogP contribution in [0.15, 0.2) is 91.2 Å². The van der Waals surface area contributed by atoms with Gasteiger partial charge in [0.05, 0.1) is 17.9 Å². The van der Waals surface area contributed by atoms with Crippen LogP contribution in [0.2, 0.25) is 0 Å². The SMILES string of the molecule is C=C(OCCc1ccc(-c2nc(-c3ccccc3)nc(-c3ccccc3)n2)c(O)c1)C(CC)CCCC. The Morgan fingerprint density at radius 2 is 1.43 bits per heavy atom. The van der Waals surface area contributed by atoms with Crippen LogP contribution in [0.3, 0.4) is 0 Å². The van der Waals surface area contributed by atoms with Crippen LogP contribution in [0, 0.1) is 5.92 Å². The van der Waals surface area contributed by atoms with Gasteiger partial charge in [-0.25, -0.2) is 15.0 Å². The average molecular weight is 494 g/mol. The third kappa shape index (κ3) is 6.82. The molecule has 37 heavy (non-hydrogen) atoms. The Morgan fingerprint density at radius 1 is 0.838 bits per heavy atom. The van der Waals surface area contributed by atoms with Crippen molar-refractivity contribution >= 4 is 0 Å². The molecule has 0 amide bonds. The summed E-state index contributed by atoms with van der Waals surface area (Å²) in [6.07, 6.45) is 5.19. The molecule has 3 aromatic carbocycles. The molecule has 4 rings (SSSR count). The van der Waals surface area contributed by atoms with Crippen molar-refractivity contribution in [3.63, 3.8) is 0 Å². The molecule has 4 aromatic rings. The zero-order valence-corrected chi connectivity index (χ0v) is 21.7. The fourth-order valence-electron chi connectivity index (χ4n) is 4.31. The lowest BCUT2D eigenvalue weighted by Crippen LogP contribution is -2.08. The largest absolute Gasteiger partial charge is 0.507 e. The van der Waals surface area contributed by atoms with E-state index < -0.39 is 0 Å². The van der Waals surface area contributed by atoms with E-state index in [1.165, 1.54) is 12.8 Å². The molecule has 0 aliphatic carbocycles. The van der Waals surface area contributed by atoms with Gasteiger partial charge in [-0.1, -0.05) is 100.0 Å². The lowest BCUT2D eigenvalue weighted by Gasteiger charge is -2.18. The van der Waals surface area contributed by atoms with Crippen LogP contribution in [-0.2, 0) is 11.2 Å². The zero-order chi connectivity index (χ0) is 26.0. The summed E-state index contributed by atoms with van der Waals surface area (Å²) in [5.41, 5.74) is 3.33. The van der Waals surface area contributed by atoms with Crippen LogP contribution < -0.4 is 0 Å². The summed E-state index contributed by atoms with van der Waals surface area (Å²) in [6.45, 7) is 9.07. The van der Waals surface area contributed by atoms with Gasteiger partial charge in [0, 0.05) is 23.5 Å². The number of unbranched alkanes of at least 4 members (excludes halogenated alkanes) is 1. The predicted octanol–water partition coefficient (Wildman–Crippen LogP) is 7.87. The molecule has 5 nitrogen and oxygen atoms in total. The van der Waals surface area contributed by atoms with Gasteiger partial charge in [-0.2, -0.15) is 0 Å². The standard InChI is InChI=1S/C32H35N3O2/c1-4-6-13-25(5-2)23(3)37-21-20-24-18-19-28(29(36)22-24)32-34-30(26-14-9-7-10-15-26)33-31(35-32)27-16-11-8-12-17-27/h7-12,14-19,22,25,36H,3-6,13,20-21H2,1-2H3. The minimum Gasteiger partial charge on any atom is -0.507 e. The van der Waals surface area contributed by atoms with Crippen molar-refractivity contribution in [2.75, 3.05) is 6.61 Å². The first-order valence-electron chi connectivity index (χ1n) is 13.1. The molecule has 0 saturated heterocycles. The number of aromatic nitrogens is 3. The molecule has 0 aliphatic rings. The van der Waals surface area contributed by atoms with Gasteiger partial charge < -0.3 is 9.84 Å². The molecule has 0 saturated carbocycles. The van der Waals surface area contributed by atoms with E-state index in [4.69, 9.17) is 19.7 Å². The van der Waals surface area contributed by atoms with Crippen molar-refractivity contribution in [2.24, 2.45) is 5.92 Å². The van der Waals surface area contributed by atoms with Crippen LogP contribution in [0.25, 0.3) is 34.2 Å². The minimum absolute atomic E-state index is 0.134. The topological polar surface area (TPSA) is 68.1 Å². The number of ether oxygens (including phenoxy) is 1. The molecule has 1 N–H and O–H groups in total. The Kier molecular flexibility index (Phi) is 9.03. The number of nitrogens with zero attached hydrogens (tertiary/aromatic N) is 3. The van der Waals surface area contributed by atoms with Crippen molar-refractivity contribution in [2.45, 2.75) is 46.0 Å². The van der Waals surface area contributed by atoms with E-state index in [1.54, 1.807) is 6.07 Å². The van der Waals surface area contributed by atoms with E-state index in [-0.39, 0.29) is 5.75 Å². The van der Waals surface area contributed by atoms with E-state index >= 15 is 0 Å². The highest BCUT2D eigenvalue weighted by atomic mass is 16.5. The normalized spacial score (nSPS) is 11.7. The molecule has 1 atom stereocenters. The summed E-state index contributed by atoms with van der Waals surface area (Å²) in [4.78, 5) is 14.1. The van der Waals surface area contributed by atoms with Crippen LogP contribution in [-0.4, -0.2) is 26.7 Å². The summed E-state index contributed by atoms with van der Waals surface area (Å²) >= 11 is 0. The molecule has 1 heterocycles. The number of allylic oxidation sites excluding steroid dienone is 1. The van der Waals surface area contributed by atoms with Crippen LogP contribution in [0.5, 0.6) is 5.75 Å². The van der Waals surface area contributed by atoms with E-state index in [0.29, 0.717) is 42.0 Å². The van der Waals surface area contributed by atoms with Crippen molar-refractivity contribution in [1.29, 1.82) is 0 Å². The zero-order valence-electron chi connectivity index (χ0n) is 21.7. The Hall–Kier alpha value is -3.99. The maximum absolute atomic E-state index is 10.9. The predicted molar refractivity (Wildman–Crippen MR) is 150 cm³/mol. The second kappa shape index (κ2) is 12.8.